The Morgan fingerprint density at radius 2 is 1.87 bits per heavy atom. The Labute approximate surface area is 144 Å². The molecule has 1 fully saturated rings. The summed E-state index contributed by atoms with van der Waals surface area (Å²) in [7, 11) is 0. The van der Waals surface area contributed by atoms with Crippen LogP contribution in [0.2, 0.25) is 0 Å². The number of hydrogen-bond donors (Lipinski definition) is 0. The monoisotopic (exact) mass is 377 g/mol. The number of nitrogens with zero attached hydrogens (tertiary/aromatic N) is 5. The molecule has 0 saturated carbocycles. The van der Waals surface area contributed by atoms with Gasteiger partial charge in [0, 0.05) is 23.1 Å². The van der Waals surface area contributed by atoms with Crippen LogP contribution in [0.4, 0.5) is 0 Å². The van der Waals surface area contributed by atoms with Crippen LogP contribution in [-0.4, -0.2) is 44.1 Å². The minimum absolute atomic E-state index is 0.0585. The molecule has 7 heteroatoms. The van der Waals surface area contributed by atoms with E-state index in [9.17, 15) is 4.79 Å². The van der Waals surface area contributed by atoms with E-state index < -0.39 is 0 Å². The van der Waals surface area contributed by atoms with Gasteiger partial charge in [-0.05, 0) is 47.7 Å². The first kappa shape index (κ1) is 16.1. The SMILES string of the molecule is C[C@H]1C[C@H](C)CN(C(=O)Cn2nnc(-c3ccc(Br)cc3)n2)C1. The molecule has 122 valence electrons. The predicted molar refractivity (Wildman–Crippen MR) is 90.5 cm³/mol. The average Bonchev–Trinajstić information content (AvgIpc) is 2.95. The molecule has 2 atom stereocenters. The third-order valence-electron chi connectivity index (χ3n) is 4.05. The second-order valence-corrected chi connectivity index (χ2v) is 7.31. The van der Waals surface area contributed by atoms with E-state index >= 15 is 0 Å². The maximum absolute atomic E-state index is 12.4. The highest BCUT2D eigenvalue weighted by Crippen LogP contribution is 2.21. The lowest BCUT2D eigenvalue weighted by molar-refractivity contribution is -0.135. The van der Waals surface area contributed by atoms with E-state index in [-0.39, 0.29) is 12.5 Å². The van der Waals surface area contributed by atoms with Crippen molar-refractivity contribution in [2.24, 2.45) is 11.8 Å². The predicted octanol–water partition coefficient (Wildman–Crippen LogP) is 2.61. The first-order valence-electron chi connectivity index (χ1n) is 7.83. The van der Waals surface area contributed by atoms with Crippen molar-refractivity contribution in [3.05, 3.63) is 28.7 Å². The Balaban J connectivity index is 1.66. The van der Waals surface area contributed by atoms with Gasteiger partial charge in [-0.2, -0.15) is 4.80 Å². The van der Waals surface area contributed by atoms with Crippen LogP contribution >= 0.6 is 15.9 Å². The molecule has 1 aliphatic heterocycles. The standard InChI is InChI=1S/C16H20BrN5O/c1-11-7-12(2)9-21(8-11)15(23)10-22-19-16(18-20-22)13-3-5-14(17)6-4-13/h3-6,11-12H,7-10H2,1-2H3/t11-,12-/m0/s1. The number of carbonyl (C=O) groups is 1. The summed E-state index contributed by atoms with van der Waals surface area (Å²) in [5.74, 6) is 1.68. The largest absolute Gasteiger partial charge is 0.340 e. The highest BCUT2D eigenvalue weighted by Gasteiger charge is 2.25. The summed E-state index contributed by atoms with van der Waals surface area (Å²) in [5.41, 5.74) is 0.882. The van der Waals surface area contributed by atoms with Crippen LogP contribution in [0, 0.1) is 11.8 Å². The summed E-state index contributed by atoms with van der Waals surface area (Å²) in [4.78, 5) is 15.7. The van der Waals surface area contributed by atoms with Crippen LogP contribution in [0.3, 0.4) is 0 Å². The number of aromatic nitrogens is 4. The summed E-state index contributed by atoms with van der Waals surface area (Å²) >= 11 is 3.40. The van der Waals surface area contributed by atoms with E-state index in [0.717, 1.165) is 23.1 Å². The van der Waals surface area contributed by atoms with Crippen molar-refractivity contribution in [2.45, 2.75) is 26.8 Å². The maximum atomic E-state index is 12.4. The molecular weight excluding hydrogens is 358 g/mol. The van der Waals surface area contributed by atoms with Crippen molar-refractivity contribution in [3.63, 3.8) is 0 Å². The van der Waals surface area contributed by atoms with Crippen molar-refractivity contribution < 1.29 is 4.79 Å². The van der Waals surface area contributed by atoms with Crippen molar-refractivity contribution >= 4 is 21.8 Å². The molecule has 0 unspecified atom stereocenters. The topological polar surface area (TPSA) is 63.9 Å². The number of carbonyl (C=O) groups excluding carboxylic acids is 1. The van der Waals surface area contributed by atoms with E-state index in [1.165, 1.54) is 11.2 Å². The number of benzene rings is 1. The van der Waals surface area contributed by atoms with E-state index in [0.29, 0.717) is 17.7 Å². The molecule has 1 amide bonds. The van der Waals surface area contributed by atoms with Gasteiger partial charge in [0.2, 0.25) is 11.7 Å². The zero-order valence-electron chi connectivity index (χ0n) is 13.3. The highest BCUT2D eigenvalue weighted by atomic mass is 79.9. The zero-order chi connectivity index (χ0) is 16.4. The maximum Gasteiger partial charge on any atom is 0.246 e. The molecule has 0 aliphatic carbocycles. The van der Waals surface area contributed by atoms with Gasteiger partial charge in [0.1, 0.15) is 6.54 Å². The van der Waals surface area contributed by atoms with Gasteiger partial charge < -0.3 is 4.90 Å². The molecule has 2 aromatic rings. The molecule has 6 nitrogen and oxygen atoms in total. The number of likely N-dealkylation sites (tertiary alicyclic amines) is 1. The fourth-order valence-corrected chi connectivity index (χ4v) is 3.38. The van der Waals surface area contributed by atoms with Gasteiger partial charge >= 0.3 is 0 Å². The van der Waals surface area contributed by atoms with E-state index in [1.807, 2.05) is 29.2 Å². The molecule has 0 spiro atoms. The van der Waals surface area contributed by atoms with Gasteiger partial charge in [-0.15, -0.1) is 10.2 Å². The lowest BCUT2D eigenvalue weighted by Gasteiger charge is -2.34. The number of tetrazole rings is 1. The summed E-state index contributed by atoms with van der Waals surface area (Å²) in [5, 5.41) is 12.4. The van der Waals surface area contributed by atoms with Crippen molar-refractivity contribution in [1.29, 1.82) is 0 Å². The van der Waals surface area contributed by atoms with Crippen molar-refractivity contribution in [3.8, 4) is 11.4 Å². The van der Waals surface area contributed by atoms with Gasteiger partial charge in [0.15, 0.2) is 0 Å². The van der Waals surface area contributed by atoms with Crippen molar-refractivity contribution in [2.75, 3.05) is 13.1 Å². The number of rotatable bonds is 3. The van der Waals surface area contributed by atoms with Crippen LogP contribution in [0.15, 0.2) is 28.7 Å². The second-order valence-electron chi connectivity index (χ2n) is 6.40. The van der Waals surface area contributed by atoms with Gasteiger partial charge in [0.05, 0.1) is 0 Å². The average molecular weight is 378 g/mol. The first-order chi connectivity index (χ1) is 11.0. The Morgan fingerprint density at radius 1 is 1.22 bits per heavy atom. The number of amides is 1. The number of halogens is 1. The molecule has 23 heavy (non-hydrogen) atoms. The molecule has 1 aliphatic rings. The Bertz CT molecular complexity index is 674. The normalized spacial score (nSPS) is 21.4. The molecule has 2 heterocycles. The number of hydrogen-bond acceptors (Lipinski definition) is 4. The fourth-order valence-electron chi connectivity index (χ4n) is 3.11. The second kappa shape index (κ2) is 6.78. The molecule has 1 saturated heterocycles. The summed E-state index contributed by atoms with van der Waals surface area (Å²) < 4.78 is 0.997. The Hall–Kier alpha value is -1.76. The van der Waals surface area contributed by atoms with Gasteiger partial charge in [-0.25, -0.2) is 0 Å². The van der Waals surface area contributed by atoms with Crippen LogP contribution in [-0.2, 0) is 11.3 Å². The quantitative estimate of drug-likeness (QED) is 0.824. The number of piperidine rings is 1. The molecule has 1 aromatic carbocycles. The summed E-state index contributed by atoms with van der Waals surface area (Å²) in [6, 6.07) is 7.69. The molecule has 1 aromatic heterocycles. The van der Waals surface area contributed by atoms with Crippen LogP contribution in [0.25, 0.3) is 11.4 Å². The third kappa shape index (κ3) is 3.96. The smallest absolute Gasteiger partial charge is 0.246 e. The minimum atomic E-state index is 0.0585. The Morgan fingerprint density at radius 3 is 2.52 bits per heavy atom. The molecular formula is C16H20BrN5O. The lowest BCUT2D eigenvalue weighted by Crippen LogP contribution is -2.44. The van der Waals surface area contributed by atoms with Crippen molar-refractivity contribution in [1.82, 2.24) is 25.1 Å². The molecule has 0 bridgehead atoms. The first-order valence-corrected chi connectivity index (χ1v) is 8.62. The van der Waals surface area contributed by atoms with Crippen LogP contribution < -0.4 is 0 Å². The molecule has 3 rings (SSSR count). The Kier molecular flexibility index (Phi) is 4.75. The van der Waals surface area contributed by atoms with Crippen LogP contribution in [0.5, 0.6) is 0 Å². The van der Waals surface area contributed by atoms with E-state index in [2.05, 4.69) is 45.2 Å². The zero-order valence-corrected chi connectivity index (χ0v) is 14.9. The minimum Gasteiger partial charge on any atom is -0.340 e. The molecule has 0 N–H and O–H groups in total. The lowest BCUT2D eigenvalue weighted by atomic mass is 9.92. The fraction of sp³-hybridized carbons (Fsp3) is 0.500. The van der Waals surface area contributed by atoms with Crippen LogP contribution in [0.1, 0.15) is 20.3 Å². The van der Waals surface area contributed by atoms with E-state index in [1.54, 1.807) is 0 Å². The summed E-state index contributed by atoms with van der Waals surface area (Å²) in [6.07, 6.45) is 1.18. The summed E-state index contributed by atoms with van der Waals surface area (Å²) in [6.45, 7) is 6.16. The van der Waals surface area contributed by atoms with Gasteiger partial charge in [-0.3, -0.25) is 4.79 Å². The third-order valence-corrected chi connectivity index (χ3v) is 4.58. The van der Waals surface area contributed by atoms with Gasteiger partial charge in [-0.1, -0.05) is 29.8 Å². The highest BCUT2D eigenvalue weighted by molar-refractivity contribution is 9.10. The van der Waals surface area contributed by atoms with E-state index in [4.69, 9.17) is 0 Å². The molecule has 0 radical (unpaired) electrons. The van der Waals surface area contributed by atoms with Gasteiger partial charge in [0.25, 0.3) is 0 Å².